The van der Waals surface area contributed by atoms with Gasteiger partial charge in [0.05, 0.1) is 29.5 Å². The maximum absolute atomic E-state index is 5.42. The first-order chi connectivity index (χ1) is 9.62. The van der Waals surface area contributed by atoms with Crippen LogP contribution in [0.5, 0.6) is 5.75 Å². The Balaban J connectivity index is 2.49. The number of aryl methyl sites for hydroxylation is 2. The number of aromatic nitrogens is 2. The molecule has 1 atom stereocenters. The molecule has 0 bridgehead atoms. The molecular weight excluding hydrogens is 318 g/mol. The average Bonchev–Trinajstić information content (AvgIpc) is 2.83. The third-order valence-corrected chi connectivity index (χ3v) is 4.07. The topological polar surface area (TPSA) is 39.1 Å². The van der Waals surface area contributed by atoms with Crippen LogP contribution in [-0.2, 0) is 6.54 Å². The Morgan fingerprint density at radius 1 is 1.45 bits per heavy atom. The normalized spacial score (nSPS) is 12.4. The largest absolute Gasteiger partial charge is 0.496 e. The number of hydrogen-bond acceptors (Lipinski definition) is 3. The van der Waals surface area contributed by atoms with Crippen LogP contribution in [0.25, 0.3) is 0 Å². The van der Waals surface area contributed by atoms with E-state index < -0.39 is 0 Å². The highest BCUT2D eigenvalue weighted by Gasteiger charge is 2.20. The smallest absolute Gasteiger partial charge is 0.122 e. The lowest BCUT2D eigenvalue weighted by atomic mass is 10.0. The molecule has 0 aliphatic carbocycles. The maximum Gasteiger partial charge on any atom is 0.122 e. The summed E-state index contributed by atoms with van der Waals surface area (Å²) in [4.78, 5) is 0. The summed E-state index contributed by atoms with van der Waals surface area (Å²) < 4.78 is 8.43. The van der Waals surface area contributed by atoms with E-state index in [9.17, 15) is 0 Å². The molecule has 5 heteroatoms. The Kier molecular flexibility index (Phi) is 4.83. The molecular formula is C15H20BrN3O. The molecule has 0 aliphatic rings. The van der Waals surface area contributed by atoms with Crippen molar-refractivity contribution in [3.8, 4) is 5.75 Å². The van der Waals surface area contributed by atoms with Gasteiger partial charge in [0, 0.05) is 6.54 Å². The first-order valence-corrected chi connectivity index (χ1v) is 7.44. The zero-order valence-corrected chi connectivity index (χ0v) is 13.9. The van der Waals surface area contributed by atoms with Crippen LogP contribution in [0, 0.1) is 6.92 Å². The molecule has 0 fully saturated rings. The number of nitrogens with one attached hydrogen (secondary N) is 1. The summed E-state index contributed by atoms with van der Waals surface area (Å²) in [6.45, 7) is 4.97. The van der Waals surface area contributed by atoms with Crippen molar-refractivity contribution in [2.45, 2.75) is 26.4 Å². The van der Waals surface area contributed by atoms with Gasteiger partial charge in [0.2, 0.25) is 0 Å². The summed E-state index contributed by atoms with van der Waals surface area (Å²) in [5.74, 6) is 0.904. The monoisotopic (exact) mass is 337 g/mol. The number of hydrogen-bond donors (Lipinski definition) is 1. The van der Waals surface area contributed by atoms with E-state index in [-0.39, 0.29) is 6.04 Å². The van der Waals surface area contributed by atoms with Crippen molar-refractivity contribution < 1.29 is 4.74 Å². The van der Waals surface area contributed by atoms with Gasteiger partial charge in [-0.15, -0.1) is 0 Å². The molecule has 1 N–H and O–H groups in total. The number of nitrogens with zero attached hydrogens (tertiary/aromatic N) is 2. The second-order valence-corrected chi connectivity index (χ2v) is 5.50. The van der Waals surface area contributed by atoms with Crippen LogP contribution in [0.2, 0.25) is 0 Å². The predicted molar refractivity (Wildman–Crippen MR) is 84.2 cm³/mol. The fourth-order valence-corrected chi connectivity index (χ4v) is 2.91. The lowest BCUT2D eigenvalue weighted by Gasteiger charge is -2.20. The van der Waals surface area contributed by atoms with E-state index in [0.717, 1.165) is 33.6 Å². The van der Waals surface area contributed by atoms with Gasteiger partial charge < -0.3 is 10.1 Å². The molecule has 108 valence electrons. The Hall–Kier alpha value is -1.33. The first-order valence-electron chi connectivity index (χ1n) is 6.65. The molecule has 0 saturated heterocycles. The summed E-state index contributed by atoms with van der Waals surface area (Å²) in [6.07, 6.45) is 1.84. The van der Waals surface area contributed by atoms with Crippen molar-refractivity contribution in [1.82, 2.24) is 15.1 Å². The quantitative estimate of drug-likeness (QED) is 0.909. The number of rotatable bonds is 5. The lowest BCUT2D eigenvalue weighted by molar-refractivity contribution is 0.410. The number of ether oxygens (including phenoxy) is 1. The van der Waals surface area contributed by atoms with E-state index >= 15 is 0 Å². The van der Waals surface area contributed by atoms with Gasteiger partial charge in [-0.3, -0.25) is 4.68 Å². The highest BCUT2D eigenvalue weighted by atomic mass is 79.9. The van der Waals surface area contributed by atoms with Crippen molar-refractivity contribution in [3.05, 3.63) is 45.7 Å². The van der Waals surface area contributed by atoms with Crippen LogP contribution in [0.1, 0.15) is 29.8 Å². The van der Waals surface area contributed by atoms with Gasteiger partial charge in [0.25, 0.3) is 0 Å². The van der Waals surface area contributed by atoms with E-state index in [4.69, 9.17) is 4.74 Å². The molecule has 0 saturated carbocycles. The van der Waals surface area contributed by atoms with Crippen LogP contribution in [0.4, 0.5) is 0 Å². The minimum atomic E-state index is 0.0707. The minimum absolute atomic E-state index is 0.0707. The van der Waals surface area contributed by atoms with Gasteiger partial charge in [-0.25, -0.2) is 0 Å². The van der Waals surface area contributed by atoms with Crippen LogP contribution < -0.4 is 10.1 Å². The van der Waals surface area contributed by atoms with Crippen LogP contribution in [-0.4, -0.2) is 23.9 Å². The van der Waals surface area contributed by atoms with Gasteiger partial charge in [-0.05, 0) is 54.0 Å². The molecule has 1 unspecified atom stereocenters. The third kappa shape index (κ3) is 2.74. The molecule has 0 amide bonds. The maximum atomic E-state index is 5.42. The van der Waals surface area contributed by atoms with Gasteiger partial charge in [-0.1, -0.05) is 12.1 Å². The predicted octanol–water partition coefficient (Wildman–Crippen LogP) is 3.29. The molecule has 4 nitrogen and oxygen atoms in total. The lowest BCUT2D eigenvalue weighted by Crippen LogP contribution is -2.22. The van der Waals surface area contributed by atoms with E-state index in [1.165, 1.54) is 0 Å². The molecule has 0 spiro atoms. The van der Waals surface area contributed by atoms with Crippen molar-refractivity contribution in [2.24, 2.45) is 0 Å². The fraction of sp³-hybridized carbons (Fsp3) is 0.400. The van der Waals surface area contributed by atoms with E-state index in [1.54, 1.807) is 7.11 Å². The van der Waals surface area contributed by atoms with Gasteiger partial charge in [0.1, 0.15) is 5.75 Å². The minimum Gasteiger partial charge on any atom is -0.496 e. The first kappa shape index (κ1) is 15.1. The van der Waals surface area contributed by atoms with Gasteiger partial charge >= 0.3 is 0 Å². The number of benzene rings is 1. The summed E-state index contributed by atoms with van der Waals surface area (Å²) in [5.41, 5.74) is 3.42. The highest BCUT2D eigenvalue weighted by molar-refractivity contribution is 9.10. The fourth-order valence-electron chi connectivity index (χ4n) is 2.39. The Morgan fingerprint density at radius 3 is 2.80 bits per heavy atom. The Morgan fingerprint density at radius 2 is 2.20 bits per heavy atom. The van der Waals surface area contributed by atoms with Gasteiger partial charge in [0.15, 0.2) is 0 Å². The molecule has 20 heavy (non-hydrogen) atoms. The molecule has 1 aromatic heterocycles. The zero-order chi connectivity index (χ0) is 14.7. The highest BCUT2D eigenvalue weighted by Crippen LogP contribution is 2.31. The standard InChI is InChI=1S/C15H20BrN3O/c1-5-19-15(12(16)9-18-19)14(17-3)11-7-6-10(2)13(8-11)20-4/h6-9,14,17H,5H2,1-4H3. The summed E-state index contributed by atoms with van der Waals surface area (Å²) in [7, 11) is 3.66. The Labute approximate surface area is 128 Å². The molecule has 0 aliphatic heterocycles. The number of halogens is 1. The van der Waals surface area contributed by atoms with E-state index in [1.807, 2.05) is 24.9 Å². The molecule has 1 aromatic carbocycles. The summed E-state index contributed by atoms with van der Waals surface area (Å²) in [6, 6.07) is 6.36. The summed E-state index contributed by atoms with van der Waals surface area (Å²) in [5, 5.41) is 7.75. The third-order valence-electron chi connectivity index (χ3n) is 3.46. The molecule has 1 heterocycles. The Bertz CT molecular complexity index is 595. The van der Waals surface area contributed by atoms with Gasteiger partial charge in [-0.2, -0.15) is 5.10 Å². The second kappa shape index (κ2) is 6.41. The molecule has 2 rings (SSSR count). The number of methoxy groups -OCH3 is 1. The second-order valence-electron chi connectivity index (χ2n) is 4.64. The SMILES string of the molecule is CCn1ncc(Br)c1C(NC)c1ccc(C)c(OC)c1. The summed E-state index contributed by atoms with van der Waals surface area (Å²) >= 11 is 3.59. The van der Waals surface area contributed by atoms with Crippen molar-refractivity contribution >= 4 is 15.9 Å². The molecule has 2 aromatic rings. The van der Waals surface area contributed by atoms with Crippen LogP contribution in [0.3, 0.4) is 0 Å². The van der Waals surface area contributed by atoms with Crippen LogP contribution >= 0.6 is 15.9 Å². The van der Waals surface area contributed by atoms with Crippen molar-refractivity contribution in [2.75, 3.05) is 14.2 Å². The molecule has 0 radical (unpaired) electrons. The van der Waals surface area contributed by atoms with Crippen molar-refractivity contribution in [3.63, 3.8) is 0 Å². The zero-order valence-electron chi connectivity index (χ0n) is 12.3. The van der Waals surface area contributed by atoms with E-state index in [0.29, 0.717) is 0 Å². The average molecular weight is 338 g/mol. The van der Waals surface area contributed by atoms with Crippen molar-refractivity contribution in [1.29, 1.82) is 0 Å². The van der Waals surface area contributed by atoms with E-state index in [2.05, 4.69) is 51.5 Å². The van der Waals surface area contributed by atoms with Crippen LogP contribution in [0.15, 0.2) is 28.9 Å².